The van der Waals surface area contributed by atoms with Crippen molar-refractivity contribution < 1.29 is 18.4 Å². The number of hydrogen-bond donors (Lipinski definition) is 3. The van der Waals surface area contributed by atoms with Gasteiger partial charge in [0.25, 0.3) is 5.91 Å². The average Bonchev–Trinajstić information content (AvgIpc) is 2.90. The van der Waals surface area contributed by atoms with Crippen LogP contribution < -0.4 is 11.1 Å². The third-order valence-corrected chi connectivity index (χ3v) is 9.23. The van der Waals surface area contributed by atoms with E-state index < -0.39 is 17.0 Å². The highest BCUT2D eigenvalue weighted by Crippen LogP contribution is 2.52. The van der Waals surface area contributed by atoms with Crippen LogP contribution in [-0.4, -0.2) is 49.5 Å². The van der Waals surface area contributed by atoms with Crippen LogP contribution in [0.15, 0.2) is 71.7 Å². The Balaban J connectivity index is 1.43. The molecule has 200 valence electrons. The smallest absolute Gasteiger partial charge is 0.254 e. The van der Waals surface area contributed by atoms with Gasteiger partial charge in [-0.2, -0.15) is 0 Å². The van der Waals surface area contributed by atoms with Gasteiger partial charge in [-0.05, 0) is 50.3 Å². The summed E-state index contributed by atoms with van der Waals surface area (Å²) in [4.78, 5) is 31.9. The Hall–Kier alpha value is -2.78. The lowest BCUT2D eigenvalue weighted by molar-refractivity contribution is -0.120. The molecule has 0 aromatic heterocycles. The average molecular weight is 534 g/mol. The van der Waals surface area contributed by atoms with Gasteiger partial charge in [0.15, 0.2) is 16.9 Å². The standard InChI is InChI=1S/C30H35N3O4S/c1-17(16-20(31)13-12-18(2)38(36)37)32-24-15-14-23-27-26(21-10-6-7-11-22(21)29(34)28(24)27)25(30(35)33-23)19-8-4-3-5-9-19/h3-11,14-15,17-18,20,24-28,32H,12-13,16,31H2,1-2H3,(H,36,37). The van der Waals surface area contributed by atoms with Crippen molar-refractivity contribution >= 4 is 28.5 Å². The minimum atomic E-state index is -1.85. The van der Waals surface area contributed by atoms with E-state index in [4.69, 9.17) is 5.73 Å². The number of Topliss-reactive ketones (excluding diaryl/α,β-unsaturated/α-hetero) is 1. The molecule has 8 heteroatoms. The molecular formula is C30H35N3O4S. The number of ketones is 1. The lowest BCUT2D eigenvalue weighted by Gasteiger charge is -2.48. The van der Waals surface area contributed by atoms with Crippen LogP contribution in [0.4, 0.5) is 0 Å². The van der Waals surface area contributed by atoms with E-state index in [0.717, 1.165) is 11.1 Å². The predicted octanol–water partition coefficient (Wildman–Crippen LogP) is 3.99. The van der Waals surface area contributed by atoms with E-state index in [2.05, 4.69) is 17.2 Å². The van der Waals surface area contributed by atoms with E-state index in [-0.39, 0.29) is 52.8 Å². The van der Waals surface area contributed by atoms with Gasteiger partial charge in [0.1, 0.15) is 0 Å². The number of allylic oxidation sites excluding steroid dienone is 1. The molecule has 9 unspecified atom stereocenters. The van der Waals surface area contributed by atoms with Crippen LogP contribution in [0.5, 0.6) is 0 Å². The van der Waals surface area contributed by atoms with Gasteiger partial charge in [-0.25, -0.2) is 9.20 Å². The predicted molar refractivity (Wildman–Crippen MR) is 150 cm³/mol. The molecule has 3 aliphatic rings. The van der Waals surface area contributed by atoms with Crippen molar-refractivity contribution in [3.63, 3.8) is 0 Å². The van der Waals surface area contributed by atoms with Gasteiger partial charge in [-0.15, -0.1) is 0 Å². The van der Waals surface area contributed by atoms with Crippen molar-refractivity contribution in [3.8, 4) is 0 Å². The molecule has 2 aromatic carbocycles. The molecule has 0 radical (unpaired) electrons. The number of rotatable bonds is 9. The third kappa shape index (κ3) is 5.10. The molecule has 1 aliphatic heterocycles. The number of hydrogen-bond acceptors (Lipinski definition) is 5. The second-order valence-corrected chi connectivity index (χ2v) is 12.3. The number of carbonyl (C=O) groups excluding carboxylic acids is 2. The van der Waals surface area contributed by atoms with Crippen molar-refractivity contribution in [2.75, 3.05) is 0 Å². The highest BCUT2D eigenvalue weighted by Gasteiger charge is 2.54. The minimum Gasteiger partial charge on any atom is -0.328 e. The van der Waals surface area contributed by atoms with Crippen LogP contribution in [0.3, 0.4) is 0 Å². The van der Waals surface area contributed by atoms with Crippen molar-refractivity contribution in [1.82, 2.24) is 5.32 Å². The zero-order valence-electron chi connectivity index (χ0n) is 21.7. The minimum absolute atomic E-state index is 0.0200. The molecule has 7 nitrogen and oxygen atoms in total. The number of nitrogens with one attached hydrogen (secondary N) is 1. The number of aliphatic imine (C=N–C) groups is 1. The first kappa shape index (κ1) is 26.8. The molecule has 1 amide bonds. The molecule has 0 spiro atoms. The maximum Gasteiger partial charge on any atom is 0.254 e. The van der Waals surface area contributed by atoms with Gasteiger partial charge < -0.3 is 15.6 Å². The molecular weight excluding hydrogens is 498 g/mol. The Kier molecular flexibility index (Phi) is 7.86. The normalized spacial score (nSPS) is 29.1. The summed E-state index contributed by atoms with van der Waals surface area (Å²) in [6, 6.07) is 17.1. The van der Waals surface area contributed by atoms with E-state index in [1.165, 1.54) is 0 Å². The van der Waals surface area contributed by atoms with Crippen LogP contribution in [-0.2, 0) is 15.9 Å². The van der Waals surface area contributed by atoms with Gasteiger partial charge in [0.05, 0.1) is 17.1 Å². The van der Waals surface area contributed by atoms with E-state index in [1.807, 2.05) is 66.7 Å². The zero-order chi connectivity index (χ0) is 27.0. The molecule has 1 heterocycles. The fourth-order valence-corrected chi connectivity index (χ4v) is 6.83. The summed E-state index contributed by atoms with van der Waals surface area (Å²) in [7, 11) is 0. The molecule has 0 bridgehead atoms. The van der Waals surface area contributed by atoms with Crippen LogP contribution in [0, 0.1) is 11.8 Å². The van der Waals surface area contributed by atoms with Crippen molar-refractivity contribution in [2.24, 2.45) is 22.6 Å². The highest BCUT2D eigenvalue weighted by atomic mass is 32.2. The van der Waals surface area contributed by atoms with E-state index in [1.54, 1.807) is 6.92 Å². The summed E-state index contributed by atoms with van der Waals surface area (Å²) >= 11 is -1.85. The molecule has 2 aromatic rings. The van der Waals surface area contributed by atoms with Gasteiger partial charge in [0, 0.05) is 41.2 Å². The number of carbonyl (C=O) groups is 2. The van der Waals surface area contributed by atoms with Gasteiger partial charge >= 0.3 is 0 Å². The summed E-state index contributed by atoms with van der Waals surface area (Å²) in [6.45, 7) is 3.80. The first-order valence-corrected chi connectivity index (χ1v) is 14.5. The maximum absolute atomic E-state index is 14.0. The summed E-state index contributed by atoms with van der Waals surface area (Å²) in [5, 5.41) is 3.33. The largest absolute Gasteiger partial charge is 0.328 e. The van der Waals surface area contributed by atoms with Crippen LogP contribution in [0.1, 0.15) is 66.4 Å². The van der Waals surface area contributed by atoms with Gasteiger partial charge in [-0.1, -0.05) is 60.7 Å². The maximum atomic E-state index is 14.0. The Morgan fingerprint density at radius 2 is 1.71 bits per heavy atom. The summed E-state index contributed by atoms with van der Waals surface area (Å²) in [6.07, 6.45) is 5.79. The van der Waals surface area contributed by atoms with Crippen LogP contribution >= 0.6 is 0 Å². The molecule has 0 fully saturated rings. The monoisotopic (exact) mass is 533 g/mol. The number of benzene rings is 2. The second-order valence-electron chi connectivity index (χ2n) is 10.9. The van der Waals surface area contributed by atoms with Gasteiger partial charge in [-0.3, -0.25) is 9.59 Å². The highest BCUT2D eigenvalue weighted by molar-refractivity contribution is 7.79. The first-order chi connectivity index (χ1) is 18.3. The lowest BCUT2D eigenvalue weighted by atomic mass is 9.57. The quantitative estimate of drug-likeness (QED) is 0.419. The Bertz CT molecular complexity index is 1290. The summed E-state index contributed by atoms with van der Waals surface area (Å²) in [5.74, 6) is -1.29. The summed E-state index contributed by atoms with van der Waals surface area (Å²) < 4.78 is 20.5. The SMILES string of the molecule is CC(CC(N)CCC(C)S(=O)O)NC1C=CC2=NC(=O)C(c3ccccc3)C3c4ccccc4C(=O)C1C23. The van der Waals surface area contributed by atoms with Crippen LogP contribution in [0.25, 0.3) is 0 Å². The topological polar surface area (TPSA) is 122 Å². The van der Waals surface area contributed by atoms with Crippen molar-refractivity contribution in [1.29, 1.82) is 0 Å². The Labute approximate surface area is 226 Å². The van der Waals surface area contributed by atoms with Gasteiger partial charge in [0.2, 0.25) is 0 Å². The fraction of sp³-hybridized carbons (Fsp3) is 0.433. The van der Waals surface area contributed by atoms with E-state index in [9.17, 15) is 18.4 Å². The summed E-state index contributed by atoms with van der Waals surface area (Å²) in [5.41, 5.74) is 9.58. The number of fused-ring (bicyclic) bond motifs is 2. The van der Waals surface area contributed by atoms with Crippen molar-refractivity contribution in [3.05, 3.63) is 83.4 Å². The molecule has 0 saturated heterocycles. The number of nitrogens with zero attached hydrogens (tertiary/aromatic N) is 1. The fourth-order valence-electron chi connectivity index (χ4n) is 6.50. The number of nitrogens with two attached hydrogens (primary N) is 1. The van der Waals surface area contributed by atoms with E-state index >= 15 is 0 Å². The molecule has 5 rings (SSSR count). The molecule has 38 heavy (non-hydrogen) atoms. The first-order valence-electron chi connectivity index (χ1n) is 13.4. The molecule has 9 atom stereocenters. The zero-order valence-corrected chi connectivity index (χ0v) is 22.5. The Morgan fingerprint density at radius 3 is 2.45 bits per heavy atom. The van der Waals surface area contributed by atoms with E-state index in [0.29, 0.717) is 30.5 Å². The third-order valence-electron chi connectivity index (χ3n) is 8.31. The molecule has 2 aliphatic carbocycles. The van der Waals surface area contributed by atoms with Crippen LogP contribution in [0.2, 0.25) is 0 Å². The molecule has 4 N–H and O–H groups in total. The lowest BCUT2D eigenvalue weighted by Crippen LogP contribution is -2.56. The molecule has 0 saturated carbocycles. The second kappa shape index (κ2) is 11.1. The Morgan fingerprint density at radius 1 is 1.00 bits per heavy atom. The van der Waals surface area contributed by atoms with Crippen molar-refractivity contribution in [2.45, 2.75) is 68.3 Å². The number of amides is 1.